The second kappa shape index (κ2) is 43.5. The maximum Gasteiger partial charge on any atom is 0.204 e. The lowest BCUT2D eigenvalue weighted by molar-refractivity contribution is -0.261. The van der Waals surface area contributed by atoms with Crippen molar-refractivity contribution in [2.75, 3.05) is 72.7 Å². The van der Waals surface area contributed by atoms with Gasteiger partial charge < -0.3 is 52.7 Å². The zero-order valence-electron chi connectivity index (χ0n) is 47.0. The number of rotatable bonds is 49. The van der Waals surface area contributed by atoms with Gasteiger partial charge in [0.05, 0.1) is 85.2 Å². The minimum atomic E-state index is 0.369. The second-order valence-electron chi connectivity index (χ2n) is 17.4. The van der Waals surface area contributed by atoms with E-state index >= 15 is 0 Å². The Morgan fingerprint density at radius 3 is 1.23 bits per heavy atom. The van der Waals surface area contributed by atoms with Gasteiger partial charge in [-0.1, -0.05) is 105 Å². The van der Waals surface area contributed by atoms with E-state index in [1.54, 1.807) is 20.8 Å². The number of unbranched alkanes of at least 4 members (excludes halogenated alkanes) is 6. The van der Waals surface area contributed by atoms with Crippen molar-refractivity contribution in [1.82, 2.24) is 0 Å². The fraction of sp³-hybridized carbons (Fsp3) is 0.422. The van der Waals surface area contributed by atoms with Crippen molar-refractivity contribution in [3.05, 3.63) is 169 Å². The van der Waals surface area contributed by atoms with Crippen molar-refractivity contribution >= 4 is 24.3 Å². The monoisotopic (exact) mass is 1090 g/mol. The molecule has 0 aliphatic rings. The molecule has 0 aliphatic carbocycles. The van der Waals surface area contributed by atoms with E-state index in [2.05, 4.69) is 93.1 Å². The SMILES string of the molecule is C=C=C(C)OOCCCCOc1ccc(/C=C/c2ccc(/C=C/c3ccc(OCCCCOC=C)c(CCCCOOC=C)c3OCCCCOOC(C)=C=C)cc2)c(OCCCCOC=C)c1OCCCCOOC(C)=C=C. The molecule has 3 aromatic rings. The first-order valence-electron chi connectivity index (χ1n) is 27.0. The molecule has 0 amide bonds. The number of allylic oxidation sites excluding steroid dienone is 3. The zero-order chi connectivity index (χ0) is 56.8. The van der Waals surface area contributed by atoms with Gasteiger partial charge in [0.2, 0.25) is 5.75 Å². The van der Waals surface area contributed by atoms with Crippen LogP contribution in [0.2, 0.25) is 0 Å². The fourth-order valence-corrected chi connectivity index (χ4v) is 6.94. The topological polar surface area (TPSA) is 138 Å². The van der Waals surface area contributed by atoms with Crippen molar-refractivity contribution < 1.29 is 72.3 Å². The van der Waals surface area contributed by atoms with Crippen LogP contribution in [0.3, 0.4) is 0 Å². The first-order chi connectivity index (χ1) is 38.8. The predicted octanol–water partition coefficient (Wildman–Crippen LogP) is 15.5. The Labute approximate surface area is 469 Å². The molecule has 79 heavy (non-hydrogen) atoms. The molecular weight excluding hydrogens is 1010 g/mol. The maximum atomic E-state index is 6.64. The molecule has 0 atom stereocenters. The van der Waals surface area contributed by atoms with Gasteiger partial charge in [0, 0.05) is 37.5 Å². The second-order valence-corrected chi connectivity index (χ2v) is 17.4. The third-order valence-electron chi connectivity index (χ3n) is 11.2. The Bertz CT molecular complexity index is 2420. The molecule has 15 heteroatoms. The van der Waals surface area contributed by atoms with Crippen molar-refractivity contribution in [2.24, 2.45) is 0 Å². The fourth-order valence-electron chi connectivity index (χ4n) is 6.94. The summed E-state index contributed by atoms with van der Waals surface area (Å²) in [6.07, 6.45) is 22.1. The highest BCUT2D eigenvalue weighted by Gasteiger charge is 2.19. The standard InChI is InChI=1S/C64H84O15/c1-10-52(7)77-74-49-25-22-44-68-61-40-38-58(63(70-46-21-19-42-66-14-5)64(61)71-47-24-27-51-76-79-54(9)12-3)36-34-56-31-29-55(30-32-56)33-35-57-37-39-60(67-43-20-18-41-65-13-4)59(28-16-17-48-73-72-15-6)62(57)69-45-23-26-50-75-78-53(8)11-2/h13-15,29-40H,1-6,16-28,41-51H2,7-9H3/b35-33+,36-34+. The summed E-state index contributed by atoms with van der Waals surface area (Å²) in [6, 6.07) is 16.3. The lowest BCUT2D eigenvalue weighted by Crippen LogP contribution is -2.08. The Morgan fingerprint density at radius 2 is 0.759 bits per heavy atom. The van der Waals surface area contributed by atoms with Gasteiger partial charge >= 0.3 is 0 Å². The zero-order valence-corrected chi connectivity index (χ0v) is 47.0. The molecule has 0 fully saturated rings. The Hall–Kier alpha value is -7.44. The number of hydrogen-bond donors (Lipinski definition) is 0. The Kier molecular flexibility index (Phi) is 36.3. The third-order valence-corrected chi connectivity index (χ3v) is 11.2. The van der Waals surface area contributed by atoms with Crippen LogP contribution in [0.25, 0.3) is 24.3 Å². The van der Waals surface area contributed by atoms with Crippen molar-refractivity contribution in [3.63, 3.8) is 0 Å². The molecule has 0 spiro atoms. The van der Waals surface area contributed by atoms with E-state index in [0.29, 0.717) is 139 Å². The minimum Gasteiger partial charge on any atom is -0.502 e. The van der Waals surface area contributed by atoms with Crippen LogP contribution < -0.4 is 23.7 Å². The van der Waals surface area contributed by atoms with E-state index in [1.807, 2.05) is 36.4 Å². The van der Waals surface area contributed by atoms with Crippen LogP contribution in [0, 0.1) is 0 Å². The molecule has 0 bridgehead atoms. The molecular formula is C64H84O15. The Morgan fingerprint density at radius 1 is 0.380 bits per heavy atom. The molecule has 0 saturated heterocycles. The van der Waals surface area contributed by atoms with Crippen molar-refractivity contribution in [2.45, 2.75) is 104 Å². The molecule has 0 aromatic heterocycles. The van der Waals surface area contributed by atoms with E-state index in [9.17, 15) is 0 Å². The van der Waals surface area contributed by atoms with Gasteiger partial charge in [-0.2, -0.15) is 19.6 Å². The van der Waals surface area contributed by atoms with Crippen LogP contribution in [0.1, 0.15) is 126 Å². The van der Waals surface area contributed by atoms with Gasteiger partial charge in [-0.15, -0.1) is 0 Å². The molecule has 3 aromatic carbocycles. The van der Waals surface area contributed by atoms with Gasteiger partial charge in [0.15, 0.2) is 28.8 Å². The van der Waals surface area contributed by atoms with Crippen molar-refractivity contribution in [1.29, 1.82) is 0 Å². The molecule has 0 aliphatic heterocycles. The first-order valence-corrected chi connectivity index (χ1v) is 27.0. The number of hydrogen-bond acceptors (Lipinski definition) is 15. The summed E-state index contributed by atoms with van der Waals surface area (Å²) in [6.45, 7) is 31.6. The van der Waals surface area contributed by atoms with E-state index in [0.717, 1.165) is 90.7 Å². The molecule has 0 heterocycles. The lowest BCUT2D eigenvalue weighted by Gasteiger charge is -2.19. The van der Waals surface area contributed by atoms with Crippen LogP contribution in [0.15, 0.2) is 141 Å². The largest absolute Gasteiger partial charge is 0.502 e. The van der Waals surface area contributed by atoms with Crippen molar-refractivity contribution in [3.8, 4) is 28.7 Å². The molecule has 0 radical (unpaired) electrons. The average Bonchev–Trinajstić information content (AvgIpc) is 3.49. The summed E-state index contributed by atoms with van der Waals surface area (Å²) < 4.78 is 43.1. The quantitative estimate of drug-likeness (QED) is 0.0132. The van der Waals surface area contributed by atoms with Gasteiger partial charge in [-0.05, 0) is 119 Å². The number of ether oxygens (including phenoxy) is 7. The highest BCUT2D eigenvalue weighted by Crippen LogP contribution is 2.42. The van der Waals surface area contributed by atoms with Crippen LogP contribution in [-0.4, -0.2) is 72.7 Å². The number of benzene rings is 3. The highest BCUT2D eigenvalue weighted by molar-refractivity contribution is 5.78. The predicted molar refractivity (Wildman–Crippen MR) is 309 cm³/mol. The lowest BCUT2D eigenvalue weighted by atomic mass is 10.0. The summed E-state index contributed by atoms with van der Waals surface area (Å²) in [4.78, 5) is 41.4. The van der Waals surface area contributed by atoms with Crippen LogP contribution in [0.4, 0.5) is 0 Å². The summed E-state index contributed by atoms with van der Waals surface area (Å²) in [5, 5.41) is 0. The van der Waals surface area contributed by atoms with E-state index in [1.165, 1.54) is 18.8 Å². The molecule has 0 saturated carbocycles. The average molecular weight is 1090 g/mol. The summed E-state index contributed by atoms with van der Waals surface area (Å²) in [5.41, 5.74) is 12.7. The van der Waals surface area contributed by atoms with Gasteiger partial charge in [-0.3, -0.25) is 0 Å². The molecule has 0 N–H and O–H groups in total. The van der Waals surface area contributed by atoms with E-state index in [4.69, 9.17) is 72.3 Å². The first kappa shape index (κ1) is 65.8. The van der Waals surface area contributed by atoms with Crippen LogP contribution in [-0.2, 0) is 55.0 Å². The van der Waals surface area contributed by atoms with Crippen LogP contribution in [0.5, 0.6) is 28.7 Å². The summed E-state index contributed by atoms with van der Waals surface area (Å²) in [7, 11) is 0. The normalized spacial score (nSPS) is 10.7. The van der Waals surface area contributed by atoms with E-state index in [-0.39, 0.29) is 0 Å². The van der Waals surface area contributed by atoms with Crippen LogP contribution >= 0.6 is 0 Å². The minimum absolute atomic E-state index is 0.369. The molecule has 15 nitrogen and oxygen atoms in total. The highest BCUT2D eigenvalue weighted by atomic mass is 17.2. The summed E-state index contributed by atoms with van der Waals surface area (Å²) >= 11 is 0. The van der Waals surface area contributed by atoms with E-state index < -0.39 is 0 Å². The molecule has 3 rings (SSSR count). The maximum absolute atomic E-state index is 6.64. The smallest absolute Gasteiger partial charge is 0.204 e. The molecule has 430 valence electrons. The van der Waals surface area contributed by atoms with Gasteiger partial charge in [0.25, 0.3) is 0 Å². The van der Waals surface area contributed by atoms with Gasteiger partial charge in [-0.25, -0.2) is 0 Å². The van der Waals surface area contributed by atoms with Gasteiger partial charge in [0.1, 0.15) is 17.8 Å². The molecule has 0 unspecified atom stereocenters. The third kappa shape index (κ3) is 29.2. The summed E-state index contributed by atoms with van der Waals surface area (Å²) in [5.74, 6) is 4.61. The Balaban J connectivity index is 1.92.